The molecule has 21 heavy (non-hydrogen) atoms. The van der Waals surface area contributed by atoms with E-state index in [1.807, 2.05) is 0 Å². The Morgan fingerprint density at radius 1 is 1.24 bits per heavy atom. The van der Waals surface area contributed by atoms with E-state index >= 15 is 0 Å². The van der Waals surface area contributed by atoms with Crippen molar-refractivity contribution in [3.8, 4) is 0 Å². The van der Waals surface area contributed by atoms with E-state index in [2.05, 4.69) is 23.6 Å². The van der Waals surface area contributed by atoms with E-state index in [1.54, 1.807) is 12.1 Å². The van der Waals surface area contributed by atoms with Crippen LogP contribution in [0.2, 0.25) is 5.02 Å². The molecule has 1 atom stereocenters. The first-order valence-corrected chi connectivity index (χ1v) is 8.01. The minimum atomic E-state index is -0.262. The zero-order valence-corrected chi connectivity index (χ0v) is 13.6. The van der Waals surface area contributed by atoms with Gasteiger partial charge in [-0.3, -0.25) is 4.90 Å². The maximum atomic E-state index is 14.1. The summed E-state index contributed by atoms with van der Waals surface area (Å²) < 4.78 is 14.1. The number of benzene rings is 1. The van der Waals surface area contributed by atoms with Crippen LogP contribution in [0.1, 0.15) is 25.5 Å². The molecule has 0 spiro atoms. The molecule has 0 aliphatic carbocycles. The van der Waals surface area contributed by atoms with Gasteiger partial charge in [0.1, 0.15) is 5.82 Å². The predicted molar refractivity (Wildman–Crippen MR) is 86.1 cm³/mol. The molecule has 1 aromatic rings. The van der Waals surface area contributed by atoms with E-state index in [9.17, 15) is 4.39 Å². The number of hydrogen-bond donors (Lipinski definition) is 1. The first-order valence-electron chi connectivity index (χ1n) is 7.63. The highest BCUT2D eigenvalue weighted by molar-refractivity contribution is 6.31. The van der Waals surface area contributed by atoms with Gasteiger partial charge in [-0.05, 0) is 18.1 Å². The summed E-state index contributed by atoms with van der Waals surface area (Å²) in [5.74, 6) is 0.408. The Kier molecular flexibility index (Phi) is 5.99. The minimum Gasteiger partial charge on any atom is -0.329 e. The first kappa shape index (κ1) is 16.7. The Hall–Kier alpha value is -0.680. The zero-order chi connectivity index (χ0) is 15.4. The van der Waals surface area contributed by atoms with Crippen LogP contribution in [0.25, 0.3) is 0 Å². The third-order valence-corrected chi connectivity index (χ3v) is 4.36. The molecule has 1 fully saturated rings. The second-order valence-electron chi connectivity index (χ2n) is 6.12. The van der Waals surface area contributed by atoms with Crippen LogP contribution in [0.3, 0.4) is 0 Å². The van der Waals surface area contributed by atoms with Crippen molar-refractivity contribution in [2.75, 3.05) is 39.3 Å². The summed E-state index contributed by atoms with van der Waals surface area (Å²) in [5, 5.41) is 0.468. The molecule has 1 aromatic carbocycles. The van der Waals surface area contributed by atoms with Gasteiger partial charge in [0, 0.05) is 49.9 Å². The number of nitrogens with zero attached hydrogens (tertiary/aromatic N) is 2. The van der Waals surface area contributed by atoms with Gasteiger partial charge in [0.2, 0.25) is 0 Å². The molecule has 0 saturated carbocycles. The number of hydrogen-bond acceptors (Lipinski definition) is 3. The van der Waals surface area contributed by atoms with Crippen LogP contribution in [-0.2, 0) is 0 Å². The monoisotopic (exact) mass is 313 g/mol. The van der Waals surface area contributed by atoms with Gasteiger partial charge in [-0.15, -0.1) is 0 Å². The zero-order valence-electron chi connectivity index (χ0n) is 12.9. The molecule has 5 heteroatoms. The van der Waals surface area contributed by atoms with Crippen molar-refractivity contribution in [3.63, 3.8) is 0 Å². The maximum absolute atomic E-state index is 14.1. The first-order chi connectivity index (χ1) is 10.0. The highest BCUT2D eigenvalue weighted by Gasteiger charge is 2.27. The van der Waals surface area contributed by atoms with Crippen molar-refractivity contribution in [3.05, 3.63) is 34.6 Å². The quantitative estimate of drug-likeness (QED) is 0.907. The second kappa shape index (κ2) is 7.54. The maximum Gasteiger partial charge on any atom is 0.129 e. The molecule has 1 aliphatic heterocycles. The van der Waals surface area contributed by atoms with Gasteiger partial charge in [0.25, 0.3) is 0 Å². The average Bonchev–Trinajstić information content (AvgIpc) is 2.44. The highest BCUT2D eigenvalue weighted by Crippen LogP contribution is 2.30. The molecule has 1 heterocycles. The van der Waals surface area contributed by atoms with Gasteiger partial charge in [-0.2, -0.15) is 0 Å². The smallest absolute Gasteiger partial charge is 0.129 e. The molecular formula is C16H25ClFN3. The fourth-order valence-corrected chi connectivity index (χ4v) is 3.34. The van der Waals surface area contributed by atoms with Crippen LogP contribution in [0.4, 0.5) is 4.39 Å². The molecule has 2 rings (SSSR count). The van der Waals surface area contributed by atoms with Crippen molar-refractivity contribution in [1.82, 2.24) is 9.80 Å². The molecule has 0 radical (unpaired) electrons. The molecule has 0 amide bonds. The van der Waals surface area contributed by atoms with Crippen molar-refractivity contribution >= 4 is 11.6 Å². The second-order valence-corrected chi connectivity index (χ2v) is 6.52. The number of rotatable bonds is 5. The number of nitrogens with two attached hydrogens (primary N) is 1. The van der Waals surface area contributed by atoms with Crippen LogP contribution < -0.4 is 5.73 Å². The Bertz CT molecular complexity index is 439. The standard InChI is InChI=1S/C16H25ClFN3/c1-12(2)11-20-6-8-21(9-7-20)15(10-19)16-13(17)4-3-5-14(16)18/h3-5,12,15H,6-11,19H2,1-2H3. The molecular weight excluding hydrogens is 289 g/mol. The molecule has 2 N–H and O–H groups in total. The van der Waals surface area contributed by atoms with E-state index < -0.39 is 0 Å². The lowest BCUT2D eigenvalue weighted by Crippen LogP contribution is -2.49. The molecule has 3 nitrogen and oxygen atoms in total. The summed E-state index contributed by atoms with van der Waals surface area (Å²) in [6.07, 6.45) is 0. The lowest BCUT2D eigenvalue weighted by molar-refractivity contribution is 0.0900. The van der Waals surface area contributed by atoms with Crippen LogP contribution in [0, 0.1) is 11.7 Å². The molecule has 0 aromatic heterocycles. The summed E-state index contributed by atoms with van der Waals surface area (Å²) in [6, 6.07) is 4.69. The third kappa shape index (κ3) is 4.16. The number of halogens is 2. The van der Waals surface area contributed by atoms with Crippen LogP contribution in [0.15, 0.2) is 18.2 Å². The van der Waals surface area contributed by atoms with E-state index in [1.165, 1.54) is 6.07 Å². The molecule has 118 valence electrons. The Balaban J connectivity index is 2.06. The van der Waals surface area contributed by atoms with Crippen molar-refractivity contribution in [2.24, 2.45) is 11.7 Å². The molecule has 1 saturated heterocycles. The minimum absolute atomic E-state index is 0.139. The van der Waals surface area contributed by atoms with Crippen LogP contribution >= 0.6 is 11.6 Å². The Morgan fingerprint density at radius 2 is 1.90 bits per heavy atom. The van der Waals surface area contributed by atoms with Crippen molar-refractivity contribution in [1.29, 1.82) is 0 Å². The summed E-state index contributed by atoms with van der Waals surface area (Å²) in [6.45, 7) is 9.76. The van der Waals surface area contributed by atoms with Gasteiger partial charge in [-0.1, -0.05) is 31.5 Å². The molecule has 1 unspecified atom stereocenters. The van der Waals surface area contributed by atoms with Crippen molar-refractivity contribution < 1.29 is 4.39 Å². The molecule has 1 aliphatic rings. The largest absolute Gasteiger partial charge is 0.329 e. The molecule has 0 bridgehead atoms. The SMILES string of the molecule is CC(C)CN1CCN(C(CN)c2c(F)cccc2Cl)CC1. The normalized spacial score (nSPS) is 19.1. The van der Waals surface area contributed by atoms with Crippen LogP contribution in [-0.4, -0.2) is 49.1 Å². The van der Waals surface area contributed by atoms with Gasteiger partial charge in [-0.25, -0.2) is 4.39 Å². The van der Waals surface area contributed by atoms with E-state index in [4.69, 9.17) is 17.3 Å². The van der Waals surface area contributed by atoms with Crippen molar-refractivity contribution in [2.45, 2.75) is 19.9 Å². The third-order valence-electron chi connectivity index (χ3n) is 4.03. The lowest BCUT2D eigenvalue weighted by atomic mass is 10.0. The fraction of sp³-hybridized carbons (Fsp3) is 0.625. The Morgan fingerprint density at radius 3 is 2.43 bits per heavy atom. The summed E-state index contributed by atoms with van der Waals surface area (Å²) in [4.78, 5) is 4.71. The fourth-order valence-electron chi connectivity index (χ4n) is 3.05. The van der Waals surface area contributed by atoms with E-state index in [0.717, 1.165) is 32.7 Å². The van der Waals surface area contributed by atoms with Gasteiger partial charge < -0.3 is 10.6 Å². The average molecular weight is 314 g/mol. The van der Waals surface area contributed by atoms with E-state index in [-0.39, 0.29) is 11.9 Å². The summed E-state index contributed by atoms with van der Waals surface area (Å²) in [5.41, 5.74) is 6.45. The van der Waals surface area contributed by atoms with Crippen LogP contribution in [0.5, 0.6) is 0 Å². The summed E-state index contributed by atoms with van der Waals surface area (Å²) in [7, 11) is 0. The topological polar surface area (TPSA) is 32.5 Å². The predicted octanol–water partition coefficient (Wildman–Crippen LogP) is 2.75. The lowest BCUT2D eigenvalue weighted by Gasteiger charge is -2.39. The van der Waals surface area contributed by atoms with E-state index in [0.29, 0.717) is 23.0 Å². The van der Waals surface area contributed by atoms with Gasteiger partial charge in [0.15, 0.2) is 0 Å². The van der Waals surface area contributed by atoms with Gasteiger partial charge in [0.05, 0.1) is 6.04 Å². The highest BCUT2D eigenvalue weighted by atomic mass is 35.5. The van der Waals surface area contributed by atoms with Gasteiger partial charge >= 0.3 is 0 Å². The Labute approximate surface area is 131 Å². The number of piperazine rings is 1. The summed E-state index contributed by atoms with van der Waals surface area (Å²) >= 11 is 6.19.